The molecule has 0 radical (unpaired) electrons. The Balaban J connectivity index is 1.82. The van der Waals surface area contributed by atoms with E-state index in [2.05, 4.69) is 6.92 Å². The number of halogens is 1. The first-order valence-electron chi connectivity index (χ1n) is 7.40. The predicted octanol–water partition coefficient (Wildman–Crippen LogP) is 4.77. The van der Waals surface area contributed by atoms with Crippen molar-refractivity contribution in [3.63, 3.8) is 0 Å². The van der Waals surface area contributed by atoms with Crippen molar-refractivity contribution in [2.24, 2.45) is 23.7 Å². The summed E-state index contributed by atoms with van der Waals surface area (Å²) < 4.78 is 0. The minimum Gasteiger partial charge on any atom is -0.281 e. The van der Waals surface area contributed by atoms with E-state index in [1.165, 1.54) is 44.9 Å². The zero-order valence-corrected chi connectivity index (χ0v) is 11.7. The van der Waals surface area contributed by atoms with Gasteiger partial charge in [-0.3, -0.25) is 4.79 Å². The molecule has 0 heterocycles. The molecule has 2 heteroatoms. The Morgan fingerprint density at radius 3 is 2.53 bits per heavy atom. The van der Waals surface area contributed by atoms with Gasteiger partial charge in [0.1, 0.15) is 0 Å². The summed E-state index contributed by atoms with van der Waals surface area (Å²) in [6, 6.07) is 0. The maximum absolute atomic E-state index is 11.2. The Bertz CT molecular complexity index is 264. The maximum Gasteiger partial charge on any atom is 0.224 e. The van der Waals surface area contributed by atoms with Crippen LogP contribution in [0.5, 0.6) is 0 Å². The summed E-state index contributed by atoms with van der Waals surface area (Å²) in [4.78, 5) is 11.2. The first-order valence-corrected chi connectivity index (χ1v) is 7.77. The van der Waals surface area contributed by atoms with Crippen molar-refractivity contribution in [1.82, 2.24) is 0 Å². The highest BCUT2D eigenvalue weighted by atomic mass is 35.5. The Morgan fingerprint density at radius 2 is 1.82 bits per heavy atom. The highest BCUT2D eigenvalue weighted by Crippen LogP contribution is 2.46. The predicted molar refractivity (Wildman–Crippen MR) is 72.0 cm³/mol. The molecule has 0 aromatic heterocycles. The maximum atomic E-state index is 11.2. The smallest absolute Gasteiger partial charge is 0.224 e. The molecule has 2 aliphatic carbocycles. The van der Waals surface area contributed by atoms with Crippen LogP contribution in [0.3, 0.4) is 0 Å². The van der Waals surface area contributed by atoms with Gasteiger partial charge in [-0.1, -0.05) is 32.6 Å². The third-order valence-corrected chi connectivity index (χ3v) is 5.32. The summed E-state index contributed by atoms with van der Waals surface area (Å²) in [5, 5.41) is -0.0865. The zero-order chi connectivity index (χ0) is 12.3. The molecule has 2 saturated carbocycles. The number of hydrogen-bond acceptors (Lipinski definition) is 1. The fourth-order valence-corrected chi connectivity index (χ4v) is 4.15. The van der Waals surface area contributed by atoms with Gasteiger partial charge in [0.05, 0.1) is 0 Å². The molecule has 17 heavy (non-hydrogen) atoms. The number of carbonyl (C=O) groups excluding carboxylic acids is 1. The van der Waals surface area contributed by atoms with E-state index in [4.69, 9.17) is 11.6 Å². The first kappa shape index (κ1) is 13.4. The average Bonchev–Trinajstić information content (AvgIpc) is 2.35. The molecule has 0 aromatic carbocycles. The summed E-state index contributed by atoms with van der Waals surface area (Å²) in [6.07, 6.45) is 11.7. The SMILES string of the molecule is CCCCC1CCC2CC(C(=O)Cl)CCC2C1. The van der Waals surface area contributed by atoms with Crippen LogP contribution in [-0.2, 0) is 4.79 Å². The summed E-state index contributed by atoms with van der Waals surface area (Å²) >= 11 is 5.65. The van der Waals surface area contributed by atoms with Crippen molar-refractivity contribution in [1.29, 1.82) is 0 Å². The number of rotatable bonds is 4. The largest absolute Gasteiger partial charge is 0.281 e. The standard InChI is InChI=1S/C15H25ClO/c1-2-3-4-11-5-6-13-10-14(15(16)17)8-7-12(13)9-11/h11-14H,2-10H2,1H3. The molecule has 4 atom stereocenters. The van der Waals surface area contributed by atoms with Crippen LogP contribution in [0.15, 0.2) is 0 Å². The van der Waals surface area contributed by atoms with Crippen molar-refractivity contribution < 1.29 is 4.79 Å². The van der Waals surface area contributed by atoms with E-state index in [9.17, 15) is 4.79 Å². The molecule has 98 valence electrons. The van der Waals surface area contributed by atoms with Crippen LogP contribution in [0.2, 0.25) is 0 Å². The molecule has 2 fully saturated rings. The van der Waals surface area contributed by atoms with Gasteiger partial charge in [0.25, 0.3) is 0 Å². The molecule has 2 aliphatic rings. The highest BCUT2D eigenvalue weighted by molar-refractivity contribution is 6.63. The average molecular weight is 257 g/mol. The molecule has 2 rings (SSSR count). The van der Waals surface area contributed by atoms with Gasteiger partial charge in [0.15, 0.2) is 0 Å². The Morgan fingerprint density at radius 1 is 1.12 bits per heavy atom. The summed E-state index contributed by atoms with van der Waals surface area (Å²) in [6.45, 7) is 2.28. The number of carbonyl (C=O) groups is 1. The molecule has 1 nitrogen and oxygen atoms in total. The molecule has 0 saturated heterocycles. The fourth-order valence-electron chi connectivity index (χ4n) is 3.95. The van der Waals surface area contributed by atoms with Crippen LogP contribution < -0.4 is 0 Å². The van der Waals surface area contributed by atoms with Gasteiger partial charge in [-0.15, -0.1) is 0 Å². The molecule has 0 bridgehead atoms. The molecule has 0 aromatic rings. The van der Waals surface area contributed by atoms with Crippen molar-refractivity contribution in [3.8, 4) is 0 Å². The van der Waals surface area contributed by atoms with E-state index in [0.29, 0.717) is 0 Å². The van der Waals surface area contributed by atoms with E-state index >= 15 is 0 Å². The quantitative estimate of drug-likeness (QED) is 0.662. The molecular formula is C15H25ClO. The first-order chi connectivity index (χ1) is 8.20. The topological polar surface area (TPSA) is 17.1 Å². The number of unbranched alkanes of at least 4 members (excludes halogenated alkanes) is 1. The number of hydrogen-bond donors (Lipinski definition) is 0. The van der Waals surface area contributed by atoms with Gasteiger partial charge in [-0.25, -0.2) is 0 Å². The normalized spacial score (nSPS) is 37.5. The van der Waals surface area contributed by atoms with E-state index in [-0.39, 0.29) is 11.2 Å². The van der Waals surface area contributed by atoms with Crippen molar-refractivity contribution >= 4 is 16.8 Å². The Labute approximate surface area is 110 Å². The summed E-state index contributed by atoms with van der Waals surface area (Å²) in [5.74, 6) is 2.84. The Hall–Kier alpha value is -0.0400. The van der Waals surface area contributed by atoms with Gasteiger partial charge in [-0.2, -0.15) is 0 Å². The number of fused-ring (bicyclic) bond motifs is 1. The van der Waals surface area contributed by atoms with Gasteiger partial charge in [0.2, 0.25) is 5.24 Å². The van der Waals surface area contributed by atoms with Gasteiger partial charge >= 0.3 is 0 Å². The third-order valence-electron chi connectivity index (χ3n) is 5.01. The minimum atomic E-state index is -0.0865. The van der Waals surface area contributed by atoms with Crippen LogP contribution in [-0.4, -0.2) is 5.24 Å². The lowest BCUT2D eigenvalue weighted by atomic mass is 9.64. The van der Waals surface area contributed by atoms with Crippen LogP contribution in [0.25, 0.3) is 0 Å². The van der Waals surface area contributed by atoms with Crippen LogP contribution >= 0.6 is 11.6 Å². The van der Waals surface area contributed by atoms with Crippen LogP contribution in [0, 0.1) is 23.7 Å². The van der Waals surface area contributed by atoms with Crippen LogP contribution in [0.1, 0.15) is 64.7 Å². The summed E-state index contributed by atoms with van der Waals surface area (Å²) in [7, 11) is 0. The zero-order valence-electron chi connectivity index (χ0n) is 11.0. The van der Waals surface area contributed by atoms with E-state index in [0.717, 1.165) is 30.6 Å². The Kier molecular flexibility index (Phi) is 4.90. The van der Waals surface area contributed by atoms with E-state index in [1.807, 2.05) is 0 Å². The van der Waals surface area contributed by atoms with Crippen molar-refractivity contribution in [3.05, 3.63) is 0 Å². The van der Waals surface area contributed by atoms with Gasteiger partial charge in [0, 0.05) is 5.92 Å². The molecule has 0 N–H and O–H groups in total. The van der Waals surface area contributed by atoms with Gasteiger partial charge in [-0.05, 0) is 61.5 Å². The highest BCUT2D eigenvalue weighted by Gasteiger charge is 2.36. The lowest BCUT2D eigenvalue weighted by molar-refractivity contribution is -0.117. The second kappa shape index (κ2) is 6.22. The van der Waals surface area contributed by atoms with Crippen molar-refractivity contribution in [2.75, 3.05) is 0 Å². The van der Waals surface area contributed by atoms with Gasteiger partial charge < -0.3 is 0 Å². The molecule has 0 aliphatic heterocycles. The minimum absolute atomic E-state index is 0.0865. The lowest BCUT2D eigenvalue weighted by Gasteiger charge is -2.41. The third kappa shape index (κ3) is 3.47. The van der Waals surface area contributed by atoms with E-state index < -0.39 is 0 Å². The monoisotopic (exact) mass is 256 g/mol. The molecule has 0 spiro atoms. The fraction of sp³-hybridized carbons (Fsp3) is 0.933. The second-order valence-corrected chi connectivity index (χ2v) is 6.53. The molecule has 4 unspecified atom stereocenters. The van der Waals surface area contributed by atoms with Crippen molar-refractivity contribution in [2.45, 2.75) is 64.7 Å². The lowest BCUT2D eigenvalue weighted by Crippen LogP contribution is -2.32. The summed E-state index contributed by atoms with van der Waals surface area (Å²) in [5.41, 5.74) is 0. The molecule has 0 amide bonds. The van der Waals surface area contributed by atoms with Crippen LogP contribution in [0.4, 0.5) is 0 Å². The second-order valence-electron chi connectivity index (χ2n) is 6.16. The van der Waals surface area contributed by atoms with E-state index in [1.54, 1.807) is 0 Å². The molecular weight excluding hydrogens is 232 g/mol.